The zero-order chi connectivity index (χ0) is 20.3. The van der Waals surface area contributed by atoms with Crippen molar-refractivity contribution < 1.29 is 12.9 Å². The van der Waals surface area contributed by atoms with Crippen LogP contribution in [0.1, 0.15) is 43.7 Å². The number of hydrogen-bond donors (Lipinski definition) is 0. The van der Waals surface area contributed by atoms with E-state index in [0.717, 1.165) is 16.7 Å². The number of benzene rings is 2. The van der Waals surface area contributed by atoms with Gasteiger partial charge in [0, 0.05) is 12.1 Å². The highest BCUT2D eigenvalue weighted by Gasteiger charge is 2.25. The number of aryl methyl sites for hydroxylation is 1. The van der Waals surface area contributed by atoms with Gasteiger partial charge in [0.1, 0.15) is 0 Å². The molecule has 0 unspecified atom stereocenters. The first-order chi connectivity index (χ1) is 13.3. The van der Waals surface area contributed by atoms with Crippen molar-refractivity contribution in [1.29, 1.82) is 0 Å². The van der Waals surface area contributed by atoms with Crippen LogP contribution in [0, 0.1) is 6.92 Å². The van der Waals surface area contributed by atoms with Gasteiger partial charge in [0.15, 0.2) is 0 Å². The molecule has 0 aliphatic carbocycles. The molecule has 0 atom stereocenters. The summed E-state index contributed by atoms with van der Waals surface area (Å²) in [5.74, 6) is 1.06. The van der Waals surface area contributed by atoms with Gasteiger partial charge in [-0.1, -0.05) is 67.9 Å². The fourth-order valence-electron chi connectivity index (χ4n) is 2.83. The second-order valence-corrected chi connectivity index (χ2v) is 8.97. The molecule has 0 amide bonds. The Kier molecular flexibility index (Phi) is 5.96. The van der Waals surface area contributed by atoms with E-state index in [0.29, 0.717) is 18.3 Å². The molecule has 6 nitrogen and oxygen atoms in total. The van der Waals surface area contributed by atoms with Gasteiger partial charge in [0.25, 0.3) is 0 Å². The maximum absolute atomic E-state index is 13.0. The molecule has 7 heteroatoms. The van der Waals surface area contributed by atoms with Crippen molar-refractivity contribution in [2.24, 2.45) is 0 Å². The van der Waals surface area contributed by atoms with E-state index in [2.05, 4.69) is 24.0 Å². The molecular formula is C21H25N3O3S. The Bertz CT molecular complexity index is 1020. The lowest BCUT2D eigenvalue weighted by Gasteiger charge is -2.19. The SMILES string of the molecule is CCN(Cc1nc(-c2ccc(C)cc2)no1)S(=O)(=O)c1ccc(C(C)C)cc1. The van der Waals surface area contributed by atoms with Crippen LogP contribution in [-0.4, -0.2) is 29.4 Å². The largest absolute Gasteiger partial charge is 0.338 e. The van der Waals surface area contributed by atoms with Crippen LogP contribution >= 0.6 is 0 Å². The Morgan fingerprint density at radius 1 is 1.04 bits per heavy atom. The van der Waals surface area contributed by atoms with Gasteiger partial charge in [-0.05, 0) is 30.5 Å². The van der Waals surface area contributed by atoms with Gasteiger partial charge in [-0.25, -0.2) is 8.42 Å². The highest BCUT2D eigenvalue weighted by molar-refractivity contribution is 7.89. The second-order valence-electron chi connectivity index (χ2n) is 7.03. The van der Waals surface area contributed by atoms with E-state index in [1.807, 2.05) is 43.3 Å². The molecule has 3 rings (SSSR count). The van der Waals surface area contributed by atoms with Crippen molar-refractivity contribution in [3.63, 3.8) is 0 Å². The topological polar surface area (TPSA) is 76.3 Å². The summed E-state index contributed by atoms with van der Waals surface area (Å²) >= 11 is 0. The maximum Gasteiger partial charge on any atom is 0.243 e. The Hall–Kier alpha value is -2.51. The Morgan fingerprint density at radius 3 is 2.25 bits per heavy atom. The molecule has 0 aliphatic heterocycles. The van der Waals surface area contributed by atoms with Gasteiger partial charge < -0.3 is 4.52 Å². The molecule has 1 aromatic heterocycles. The van der Waals surface area contributed by atoms with E-state index in [4.69, 9.17) is 4.52 Å². The van der Waals surface area contributed by atoms with E-state index in [1.165, 1.54) is 4.31 Å². The van der Waals surface area contributed by atoms with E-state index in [9.17, 15) is 8.42 Å². The molecular weight excluding hydrogens is 374 g/mol. The van der Waals surface area contributed by atoms with Crippen molar-refractivity contribution in [2.45, 2.75) is 45.1 Å². The van der Waals surface area contributed by atoms with Crippen molar-refractivity contribution in [1.82, 2.24) is 14.4 Å². The minimum Gasteiger partial charge on any atom is -0.338 e. The molecule has 0 saturated carbocycles. The summed E-state index contributed by atoms with van der Waals surface area (Å²) in [7, 11) is -3.65. The standard InChI is InChI=1S/C21H25N3O3S/c1-5-24(28(25,26)19-12-10-17(11-13-19)15(2)3)14-20-22-21(23-27-20)18-8-6-16(4)7-9-18/h6-13,15H,5,14H2,1-4H3. The van der Waals surface area contributed by atoms with Gasteiger partial charge >= 0.3 is 0 Å². The third kappa shape index (κ3) is 4.31. The predicted octanol–water partition coefficient (Wildman–Crippen LogP) is 4.38. The van der Waals surface area contributed by atoms with Crippen LogP contribution in [0.4, 0.5) is 0 Å². The minimum atomic E-state index is -3.65. The van der Waals surface area contributed by atoms with Gasteiger partial charge in [-0.15, -0.1) is 0 Å². The van der Waals surface area contributed by atoms with Gasteiger partial charge in [0.05, 0.1) is 11.4 Å². The molecule has 0 bridgehead atoms. The summed E-state index contributed by atoms with van der Waals surface area (Å²) in [5, 5.41) is 3.98. The van der Waals surface area contributed by atoms with Crippen LogP contribution in [0.3, 0.4) is 0 Å². The van der Waals surface area contributed by atoms with Crippen molar-refractivity contribution in [2.75, 3.05) is 6.54 Å². The van der Waals surface area contributed by atoms with Crippen LogP contribution in [0.5, 0.6) is 0 Å². The highest BCUT2D eigenvalue weighted by Crippen LogP contribution is 2.22. The number of nitrogens with zero attached hydrogens (tertiary/aromatic N) is 3. The third-order valence-electron chi connectivity index (χ3n) is 4.63. The van der Waals surface area contributed by atoms with Crippen LogP contribution in [0.2, 0.25) is 0 Å². The highest BCUT2D eigenvalue weighted by atomic mass is 32.2. The average Bonchev–Trinajstić information content (AvgIpc) is 3.15. The first-order valence-corrected chi connectivity index (χ1v) is 10.7. The van der Waals surface area contributed by atoms with Crippen molar-refractivity contribution in [3.05, 3.63) is 65.5 Å². The lowest BCUT2D eigenvalue weighted by atomic mass is 10.0. The van der Waals surface area contributed by atoms with Crippen molar-refractivity contribution >= 4 is 10.0 Å². The molecule has 1 heterocycles. The summed E-state index contributed by atoms with van der Waals surface area (Å²) in [6.07, 6.45) is 0. The Balaban J connectivity index is 1.80. The fourth-order valence-corrected chi connectivity index (χ4v) is 4.23. The zero-order valence-electron chi connectivity index (χ0n) is 16.6. The second kappa shape index (κ2) is 8.24. The molecule has 2 aromatic carbocycles. The van der Waals surface area contributed by atoms with Crippen LogP contribution in [-0.2, 0) is 16.6 Å². The summed E-state index contributed by atoms with van der Waals surface area (Å²) in [5.41, 5.74) is 3.07. The predicted molar refractivity (Wildman–Crippen MR) is 108 cm³/mol. The lowest BCUT2D eigenvalue weighted by Crippen LogP contribution is -2.30. The van der Waals surface area contributed by atoms with E-state index >= 15 is 0 Å². The summed E-state index contributed by atoms with van der Waals surface area (Å²) in [6.45, 7) is 8.27. The Morgan fingerprint density at radius 2 is 1.68 bits per heavy atom. The summed E-state index contributed by atoms with van der Waals surface area (Å²) < 4.78 is 32.6. The van der Waals surface area contributed by atoms with E-state index in [1.54, 1.807) is 19.1 Å². The quantitative estimate of drug-likeness (QED) is 0.589. The third-order valence-corrected chi connectivity index (χ3v) is 6.56. The first kappa shape index (κ1) is 20.2. The zero-order valence-corrected chi connectivity index (χ0v) is 17.4. The molecule has 0 spiro atoms. The smallest absolute Gasteiger partial charge is 0.243 e. The van der Waals surface area contributed by atoms with Crippen LogP contribution in [0.15, 0.2) is 57.9 Å². The molecule has 148 valence electrons. The molecule has 0 fully saturated rings. The molecule has 28 heavy (non-hydrogen) atoms. The van der Waals surface area contributed by atoms with Gasteiger partial charge in [-0.2, -0.15) is 9.29 Å². The monoisotopic (exact) mass is 399 g/mol. The number of sulfonamides is 1. The molecule has 0 aliphatic rings. The number of aromatic nitrogens is 2. The average molecular weight is 400 g/mol. The van der Waals surface area contributed by atoms with Crippen LogP contribution in [0.25, 0.3) is 11.4 Å². The summed E-state index contributed by atoms with van der Waals surface area (Å²) in [6, 6.07) is 14.8. The minimum absolute atomic E-state index is 0.0314. The van der Waals surface area contributed by atoms with Gasteiger partial charge in [0.2, 0.25) is 21.7 Å². The summed E-state index contributed by atoms with van der Waals surface area (Å²) in [4.78, 5) is 4.62. The normalized spacial score (nSPS) is 12.1. The molecule has 3 aromatic rings. The maximum atomic E-state index is 13.0. The van der Waals surface area contributed by atoms with Gasteiger partial charge in [-0.3, -0.25) is 0 Å². The molecule has 0 N–H and O–H groups in total. The van der Waals surface area contributed by atoms with E-state index in [-0.39, 0.29) is 17.3 Å². The molecule has 0 saturated heterocycles. The number of rotatable bonds is 7. The van der Waals surface area contributed by atoms with E-state index < -0.39 is 10.0 Å². The molecule has 0 radical (unpaired) electrons. The lowest BCUT2D eigenvalue weighted by molar-refractivity contribution is 0.321. The Labute approximate surface area is 166 Å². The first-order valence-electron chi connectivity index (χ1n) is 9.31. The number of hydrogen-bond acceptors (Lipinski definition) is 5. The van der Waals surface area contributed by atoms with Crippen LogP contribution < -0.4 is 0 Å². The fraction of sp³-hybridized carbons (Fsp3) is 0.333. The van der Waals surface area contributed by atoms with Crippen molar-refractivity contribution in [3.8, 4) is 11.4 Å².